The molecule has 0 amide bonds. The van der Waals surface area contributed by atoms with Crippen LogP contribution in [0.25, 0.3) is 0 Å². The topological polar surface area (TPSA) is 13.0 Å². The van der Waals surface area contributed by atoms with E-state index < -0.39 is 0 Å². The molecule has 1 aliphatic heterocycles. The Morgan fingerprint density at radius 3 is 0.667 bits per heavy atom. The van der Waals surface area contributed by atoms with Crippen molar-refractivity contribution in [2.75, 3.05) is 21.1 Å². The van der Waals surface area contributed by atoms with Gasteiger partial charge in [-0.1, -0.05) is 5.57 Å². The van der Waals surface area contributed by atoms with Gasteiger partial charge in [0.25, 0.3) is 0 Å². The van der Waals surface area contributed by atoms with Gasteiger partial charge in [-0.05, 0) is 153 Å². The molecule has 1 fully saturated rings. The predicted molar refractivity (Wildman–Crippen MR) is 162 cm³/mol. The van der Waals surface area contributed by atoms with Crippen LogP contribution in [-0.2, 0) is 0 Å². The Bertz CT molecular complexity index is 789. The normalized spacial score (nSPS) is 29.7. The quantitative estimate of drug-likeness (QED) is 0.362. The smallest absolute Gasteiger partial charge is 0.0527 e. The van der Waals surface area contributed by atoms with Crippen LogP contribution in [0.1, 0.15) is 132 Å². The molecule has 0 saturated carbocycles. The molecule has 4 nitrogen and oxygen atoms in total. The molecule has 0 atom stereocenters. The molecule has 0 aromatic carbocycles. The van der Waals surface area contributed by atoms with Crippen molar-refractivity contribution in [1.82, 2.24) is 19.6 Å². The van der Waals surface area contributed by atoms with Crippen LogP contribution in [0.3, 0.4) is 0 Å². The molecular formula is C32H66N4. The van der Waals surface area contributed by atoms with E-state index >= 15 is 0 Å². The van der Waals surface area contributed by atoms with Crippen molar-refractivity contribution in [2.24, 2.45) is 0 Å². The molecule has 1 aliphatic rings. The highest BCUT2D eigenvalue weighted by Gasteiger charge is 2.62. The van der Waals surface area contributed by atoms with Crippen molar-refractivity contribution in [3.63, 3.8) is 0 Å². The Hall–Kier alpha value is -0.580. The second kappa shape index (κ2) is 8.98. The van der Waals surface area contributed by atoms with E-state index in [2.05, 4.69) is 172 Å². The van der Waals surface area contributed by atoms with Crippen LogP contribution < -0.4 is 0 Å². The summed E-state index contributed by atoms with van der Waals surface area (Å²) in [7, 11) is 7.04. The Morgan fingerprint density at radius 1 is 0.333 bits per heavy atom. The highest BCUT2D eigenvalue weighted by molar-refractivity contribution is 5.25. The first-order chi connectivity index (χ1) is 15.4. The monoisotopic (exact) mass is 507 g/mol. The van der Waals surface area contributed by atoms with Crippen molar-refractivity contribution in [2.45, 2.75) is 176 Å². The van der Waals surface area contributed by atoms with Gasteiger partial charge in [-0.15, -0.1) is 0 Å². The third-order valence-electron chi connectivity index (χ3n) is 13.2. The number of hydrogen-bond acceptors (Lipinski definition) is 4. The number of allylic oxidation sites excluding steroid dienone is 2. The second-order valence-electron chi connectivity index (χ2n) is 16.1. The van der Waals surface area contributed by atoms with E-state index in [9.17, 15) is 0 Å². The zero-order valence-corrected chi connectivity index (χ0v) is 28.8. The van der Waals surface area contributed by atoms with E-state index in [1.165, 1.54) is 11.3 Å². The molecule has 0 bridgehead atoms. The van der Waals surface area contributed by atoms with E-state index in [1.807, 2.05) is 0 Å². The maximum absolute atomic E-state index is 2.76. The zero-order chi connectivity index (χ0) is 29.5. The van der Waals surface area contributed by atoms with Crippen molar-refractivity contribution in [3.05, 3.63) is 11.3 Å². The summed E-state index contributed by atoms with van der Waals surface area (Å²) < 4.78 is 0. The van der Waals surface area contributed by atoms with Gasteiger partial charge in [0.05, 0.1) is 11.1 Å². The largest absolute Gasteiger partial charge is 0.361 e. The summed E-state index contributed by atoms with van der Waals surface area (Å²) in [5.41, 5.74) is 1.57. The van der Waals surface area contributed by atoms with E-state index in [0.717, 1.165) is 0 Å². The molecular weight excluding hydrogens is 440 g/mol. The summed E-state index contributed by atoms with van der Waals surface area (Å²) >= 11 is 0. The Kier molecular flexibility index (Phi) is 8.35. The minimum absolute atomic E-state index is 0.119. The number of nitrogens with zero attached hydrogens (tertiary/aromatic N) is 4. The third kappa shape index (κ3) is 4.20. The fourth-order valence-electron chi connectivity index (χ4n) is 6.87. The van der Waals surface area contributed by atoms with Crippen molar-refractivity contribution in [1.29, 1.82) is 0 Å². The van der Waals surface area contributed by atoms with E-state index in [4.69, 9.17) is 0 Å². The molecule has 36 heavy (non-hydrogen) atoms. The maximum atomic E-state index is 2.76. The molecule has 0 spiro atoms. The first kappa shape index (κ1) is 33.4. The minimum atomic E-state index is -0.185. The Labute approximate surface area is 227 Å². The average molecular weight is 507 g/mol. The third-order valence-corrected chi connectivity index (χ3v) is 13.2. The van der Waals surface area contributed by atoms with Gasteiger partial charge >= 0.3 is 0 Å². The molecule has 0 unspecified atom stereocenters. The summed E-state index contributed by atoms with van der Waals surface area (Å²) in [6, 6.07) is 0. The van der Waals surface area contributed by atoms with Crippen LogP contribution in [0.2, 0.25) is 0 Å². The van der Waals surface area contributed by atoms with E-state index in [0.29, 0.717) is 0 Å². The summed E-state index contributed by atoms with van der Waals surface area (Å²) in [5, 5.41) is 0. The number of likely N-dealkylation sites (N-methyl/N-ethyl adjacent to an activating group) is 3. The molecule has 1 saturated heterocycles. The Morgan fingerprint density at radius 2 is 0.500 bits per heavy atom. The summed E-state index contributed by atoms with van der Waals surface area (Å²) in [5.74, 6) is 0. The highest BCUT2D eigenvalue weighted by Crippen LogP contribution is 2.52. The van der Waals surface area contributed by atoms with Crippen LogP contribution in [0.4, 0.5) is 0 Å². The zero-order valence-electron chi connectivity index (χ0n) is 28.8. The molecule has 4 heteroatoms. The van der Waals surface area contributed by atoms with Crippen LogP contribution >= 0.6 is 0 Å². The lowest BCUT2D eigenvalue weighted by molar-refractivity contribution is -0.189. The van der Waals surface area contributed by atoms with Crippen LogP contribution in [-0.4, -0.2) is 85.1 Å². The summed E-state index contributed by atoms with van der Waals surface area (Å²) in [6.07, 6.45) is 0. The van der Waals surface area contributed by atoms with E-state index in [1.54, 1.807) is 0 Å². The van der Waals surface area contributed by atoms with Crippen molar-refractivity contribution >= 4 is 0 Å². The molecule has 0 aliphatic carbocycles. The highest BCUT2D eigenvalue weighted by atomic mass is 15.4. The maximum Gasteiger partial charge on any atom is 0.0527 e. The Balaban J connectivity index is 4.37. The first-order valence-corrected chi connectivity index (χ1v) is 14.1. The predicted octanol–water partition coefficient (Wildman–Crippen LogP) is 7.64. The summed E-state index contributed by atoms with van der Waals surface area (Å²) in [6.45, 7) is 46.0. The van der Waals surface area contributed by atoms with Gasteiger partial charge in [-0.3, -0.25) is 14.7 Å². The molecule has 1 heterocycles. The standard InChI is InChI=1S/C32H66N4/c1-23(2)24(3)36-31(16,17)29(12,13)34(21)27(8,9)25(4,5)33(20)26(6,7)28(10,11)35(22)30(14,15)32(36,18)19/h1-22H3. The van der Waals surface area contributed by atoms with Gasteiger partial charge in [0, 0.05) is 38.9 Å². The van der Waals surface area contributed by atoms with Gasteiger partial charge in [-0.25, -0.2) is 0 Å². The fraction of sp³-hybridized carbons (Fsp3) is 0.938. The molecule has 0 radical (unpaired) electrons. The SMILES string of the molecule is CC(C)=C(C)N1C(C)(C)C(C)(C)N(C)C(C)(C)C(C)(C)N(C)C(C)(C)C(C)(C)N(C)C(C)(C)C1(C)C. The van der Waals surface area contributed by atoms with Gasteiger partial charge < -0.3 is 4.90 Å². The lowest BCUT2D eigenvalue weighted by Gasteiger charge is -2.71. The molecule has 1 rings (SSSR count). The van der Waals surface area contributed by atoms with Crippen LogP contribution in [0.5, 0.6) is 0 Å². The fourth-order valence-corrected chi connectivity index (χ4v) is 6.87. The van der Waals surface area contributed by atoms with E-state index in [-0.39, 0.29) is 44.3 Å². The average Bonchev–Trinajstić information content (AvgIpc) is 2.69. The number of hydrogen-bond donors (Lipinski definition) is 0. The molecule has 214 valence electrons. The second-order valence-corrected chi connectivity index (χ2v) is 16.1. The molecule has 0 aromatic heterocycles. The van der Waals surface area contributed by atoms with Gasteiger partial charge in [0.1, 0.15) is 0 Å². The summed E-state index contributed by atoms with van der Waals surface area (Å²) in [4.78, 5) is 10.7. The minimum Gasteiger partial charge on any atom is -0.361 e. The van der Waals surface area contributed by atoms with Gasteiger partial charge in [0.15, 0.2) is 0 Å². The van der Waals surface area contributed by atoms with Crippen LogP contribution in [0, 0.1) is 0 Å². The molecule has 0 N–H and O–H groups in total. The van der Waals surface area contributed by atoms with Crippen molar-refractivity contribution < 1.29 is 0 Å². The number of rotatable bonds is 1. The lowest BCUT2D eigenvalue weighted by Crippen LogP contribution is -2.82. The first-order valence-electron chi connectivity index (χ1n) is 14.1. The van der Waals surface area contributed by atoms with Crippen molar-refractivity contribution in [3.8, 4) is 0 Å². The molecule has 0 aromatic rings. The van der Waals surface area contributed by atoms with Gasteiger partial charge in [-0.2, -0.15) is 0 Å². The van der Waals surface area contributed by atoms with Gasteiger partial charge in [0.2, 0.25) is 0 Å². The van der Waals surface area contributed by atoms with Crippen LogP contribution in [0.15, 0.2) is 11.3 Å². The lowest BCUT2D eigenvalue weighted by atomic mass is 9.65.